The van der Waals surface area contributed by atoms with Gasteiger partial charge in [-0.25, -0.2) is 9.18 Å². The molecule has 0 heterocycles. The number of urea groups is 1. The molecule has 0 aliphatic heterocycles. The van der Waals surface area contributed by atoms with E-state index in [0.29, 0.717) is 11.3 Å². The van der Waals surface area contributed by atoms with Crippen LogP contribution < -0.4 is 15.4 Å². The molecule has 0 spiro atoms. The SMILES string of the molecule is CNC(=O)NC(=O)C(C)Oc1ccc(F)cc1C. The van der Waals surface area contributed by atoms with Crippen LogP contribution in [0.25, 0.3) is 0 Å². The maximum absolute atomic E-state index is 12.9. The maximum Gasteiger partial charge on any atom is 0.321 e. The van der Waals surface area contributed by atoms with E-state index in [4.69, 9.17) is 4.74 Å². The van der Waals surface area contributed by atoms with E-state index in [1.54, 1.807) is 6.92 Å². The fraction of sp³-hybridized carbons (Fsp3) is 0.333. The molecule has 6 heteroatoms. The lowest BCUT2D eigenvalue weighted by molar-refractivity contribution is -0.126. The number of nitrogens with one attached hydrogen (secondary N) is 2. The number of carbonyl (C=O) groups excluding carboxylic acids is 2. The smallest absolute Gasteiger partial charge is 0.321 e. The van der Waals surface area contributed by atoms with Gasteiger partial charge in [0.05, 0.1) is 0 Å². The number of aryl methyl sites for hydroxylation is 1. The highest BCUT2D eigenvalue weighted by atomic mass is 19.1. The zero-order chi connectivity index (χ0) is 13.7. The minimum absolute atomic E-state index is 0.373. The van der Waals surface area contributed by atoms with Crippen molar-refractivity contribution in [3.63, 3.8) is 0 Å². The Morgan fingerprint density at radius 3 is 2.61 bits per heavy atom. The largest absolute Gasteiger partial charge is 0.481 e. The molecule has 1 aromatic carbocycles. The van der Waals surface area contributed by atoms with E-state index in [9.17, 15) is 14.0 Å². The van der Waals surface area contributed by atoms with E-state index in [1.165, 1.54) is 32.2 Å². The minimum Gasteiger partial charge on any atom is -0.481 e. The van der Waals surface area contributed by atoms with E-state index in [1.807, 2.05) is 0 Å². The Hall–Kier alpha value is -2.11. The molecule has 0 aromatic heterocycles. The predicted molar refractivity (Wildman–Crippen MR) is 63.8 cm³/mol. The molecule has 3 amide bonds. The molecular formula is C12H15FN2O3. The molecule has 2 N–H and O–H groups in total. The number of benzene rings is 1. The summed E-state index contributed by atoms with van der Waals surface area (Å²) in [5, 5.41) is 4.35. The van der Waals surface area contributed by atoms with Gasteiger partial charge in [-0.15, -0.1) is 0 Å². The van der Waals surface area contributed by atoms with Crippen LogP contribution in [0.2, 0.25) is 0 Å². The molecule has 0 aliphatic rings. The monoisotopic (exact) mass is 254 g/mol. The number of hydrogen-bond donors (Lipinski definition) is 2. The summed E-state index contributed by atoms with van der Waals surface area (Å²) in [5.74, 6) is -0.545. The number of halogens is 1. The molecule has 1 atom stereocenters. The Kier molecular flexibility index (Phi) is 4.65. The Bertz CT molecular complexity index is 463. The summed E-state index contributed by atoms with van der Waals surface area (Å²) >= 11 is 0. The molecule has 0 saturated carbocycles. The second-order valence-electron chi connectivity index (χ2n) is 3.74. The van der Waals surface area contributed by atoms with Crippen molar-refractivity contribution in [1.29, 1.82) is 0 Å². The normalized spacial score (nSPS) is 11.6. The van der Waals surface area contributed by atoms with Crippen molar-refractivity contribution in [2.45, 2.75) is 20.0 Å². The maximum atomic E-state index is 12.9. The van der Waals surface area contributed by atoms with Gasteiger partial charge >= 0.3 is 6.03 Å². The van der Waals surface area contributed by atoms with Gasteiger partial charge in [0.25, 0.3) is 5.91 Å². The van der Waals surface area contributed by atoms with Crippen LogP contribution in [0.15, 0.2) is 18.2 Å². The number of rotatable bonds is 3. The quantitative estimate of drug-likeness (QED) is 0.855. The number of ether oxygens (including phenoxy) is 1. The summed E-state index contributed by atoms with van der Waals surface area (Å²) in [6.07, 6.45) is -0.855. The first kappa shape index (κ1) is 14.0. The topological polar surface area (TPSA) is 67.4 Å². The zero-order valence-electron chi connectivity index (χ0n) is 10.4. The van der Waals surface area contributed by atoms with Crippen molar-refractivity contribution in [1.82, 2.24) is 10.6 Å². The van der Waals surface area contributed by atoms with Crippen molar-refractivity contribution in [3.05, 3.63) is 29.6 Å². The average Bonchev–Trinajstić information content (AvgIpc) is 2.32. The molecule has 1 rings (SSSR count). The van der Waals surface area contributed by atoms with Crippen molar-refractivity contribution < 1.29 is 18.7 Å². The molecule has 0 saturated heterocycles. The second-order valence-corrected chi connectivity index (χ2v) is 3.74. The Balaban J connectivity index is 2.66. The summed E-state index contributed by atoms with van der Waals surface area (Å²) in [5.41, 5.74) is 0.578. The first-order valence-corrected chi connectivity index (χ1v) is 5.39. The van der Waals surface area contributed by atoms with E-state index >= 15 is 0 Å². The van der Waals surface area contributed by atoms with Crippen LogP contribution in [0.3, 0.4) is 0 Å². The van der Waals surface area contributed by atoms with Crippen LogP contribution in [0.4, 0.5) is 9.18 Å². The molecule has 1 aromatic rings. The highest BCUT2D eigenvalue weighted by Crippen LogP contribution is 2.19. The summed E-state index contributed by atoms with van der Waals surface area (Å²) in [6, 6.07) is 3.38. The number of hydrogen-bond acceptors (Lipinski definition) is 3. The summed E-state index contributed by atoms with van der Waals surface area (Å²) < 4.78 is 18.2. The summed E-state index contributed by atoms with van der Waals surface area (Å²) in [4.78, 5) is 22.5. The van der Waals surface area contributed by atoms with Crippen LogP contribution in [0.5, 0.6) is 5.75 Å². The van der Waals surface area contributed by atoms with Crippen LogP contribution in [0, 0.1) is 12.7 Å². The second kappa shape index (κ2) is 6.00. The first-order valence-electron chi connectivity index (χ1n) is 5.39. The fourth-order valence-corrected chi connectivity index (χ4v) is 1.27. The third-order valence-corrected chi connectivity index (χ3v) is 2.27. The fourth-order valence-electron chi connectivity index (χ4n) is 1.27. The number of carbonyl (C=O) groups is 2. The number of amides is 3. The molecular weight excluding hydrogens is 239 g/mol. The van der Waals surface area contributed by atoms with Crippen LogP contribution in [0.1, 0.15) is 12.5 Å². The third kappa shape index (κ3) is 3.73. The van der Waals surface area contributed by atoms with Gasteiger partial charge < -0.3 is 10.1 Å². The highest BCUT2D eigenvalue weighted by Gasteiger charge is 2.17. The van der Waals surface area contributed by atoms with Crippen LogP contribution >= 0.6 is 0 Å². The van der Waals surface area contributed by atoms with Gasteiger partial charge in [0, 0.05) is 7.05 Å². The van der Waals surface area contributed by atoms with E-state index in [-0.39, 0.29) is 5.82 Å². The Morgan fingerprint density at radius 2 is 2.06 bits per heavy atom. The molecule has 5 nitrogen and oxygen atoms in total. The Morgan fingerprint density at radius 1 is 1.39 bits per heavy atom. The lowest BCUT2D eigenvalue weighted by Gasteiger charge is -2.15. The molecule has 0 fully saturated rings. The molecule has 18 heavy (non-hydrogen) atoms. The highest BCUT2D eigenvalue weighted by molar-refractivity contribution is 5.96. The summed E-state index contributed by atoms with van der Waals surface area (Å²) in [6.45, 7) is 3.17. The minimum atomic E-state index is -0.855. The lowest BCUT2D eigenvalue weighted by atomic mass is 10.2. The molecule has 0 bridgehead atoms. The zero-order valence-corrected chi connectivity index (χ0v) is 10.4. The molecule has 1 unspecified atom stereocenters. The standard InChI is InChI=1S/C12H15FN2O3/c1-7-6-9(13)4-5-10(7)18-8(2)11(16)15-12(17)14-3/h4-6,8H,1-3H3,(H2,14,15,16,17). The van der Waals surface area contributed by atoms with Crippen molar-refractivity contribution in [3.8, 4) is 5.75 Å². The summed E-state index contributed by atoms with van der Waals surface area (Å²) in [7, 11) is 1.40. The molecule has 0 radical (unpaired) electrons. The van der Waals surface area contributed by atoms with Crippen molar-refractivity contribution in [2.75, 3.05) is 7.05 Å². The van der Waals surface area contributed by atoms with Crippen molar-refractivity contribution in [2.24, 2.45) is 0 Å². The molecule has 98 valence electrons. The van der Waals surface area contributed by atoms with Gasteiger partial charge in [0.2, 0.25) is 0 Å². The van der Waals surface area contributed by atoms with Crippen LogP contribution in [-0.4, -0.2) is 25.1 Å². The predicted octanol–water partition coefficient (Wildman–Crippen LogP) is 1.36. The van der Waals surface area contributed by atoms with Gasteiger partial charge in [0.15, 0.2) is 6.10 Å². The van der Waals surface area contributed by atoms with Crippen molar-refractivity contribution >= 4 is 11.9 Å². The first-order chi connectivity index (χ1) is 8.43. The average molecular weight is 254 g/mol. The van der Waals surface area contributed by atoms with E-state index < -0.39 is 18.0 Å². The van der Waals surface area contributed by atoms with E-state index in [2.05, 4.69) is 10.6 Å². The Labute approximate surface area is 104 Å². The lowest BCUT2D eigenvalue weighted by Crippen LogP contribution is -2.44. The van der Waals surface area contributed by atoms with Gasteiger partial charge in [-0.2, -0.15) is 0 Å². The van der Waals surface area contributed by atoms with E-state index in [0.717, 1.165) is 0 Å². The third-order valence-electron chi connectivity index (χ3n) is 2.27. The van der Waals surface area contributed by atoms with Gasteiger partial charge in [-0.05, 0) is 37.6 Å². The van der Waals surface area contributed by atoms with Gasteiger partial charge in [-0.1, -0.05) is 0 Å². The van der Waals surface area contributed by atoms with Gasteiger partial charge in [-0.3, -0.25) is 10.1 Å². The van der Waals surface area contributed by atoms with Crippen LogP contribution in [-0.2, 0) is 4.79 Å². The molecule has 0 aliphatic carbocycles. The number of imide groups is 1. The van der Waals surface area contributed by atoms with Gasteiger partial charge in [0.1, 0.15) is 11.6 Å².